The Morgan fingerprint density at radius 3 is 2.47 bits per heavy atom. The molecule has 0 aliphatic heterocycles. The third kappa shape index (κ3) is 3.28. The van der Waals surface area contributed by atoms with Gasteiger partial charge in [-0.1, -0.05) is 34.1 Å². The van der Waals surface area contributed by atoms with E-state index in [1.54, 1.807) is 12.1 Å². The van der Waals surface area contributed by atoms with Crippen molar-refractivity contribution in [1.82, 2.24) is 0 Å². The van der Waals surface area contributed by atoms with E-state index in [1.165, 1.54) is 6.07 Å². The van der Waals surface area contributed by atoms with E-state index in [0.717, 1.165) is 11.3 Å². The molecule has 0 N–H and O–H groups in total. The molecule has 0 saturated carbocycles. The molecule has 1 atom stereocenters. The summed E-state index contributed by atoms with van der Waals surface area (Å²) in [5.74, 6) is 0.464. The van der Waals surface area contributed by atoms with Gasteiger partial charge in [0, 0.05) is 10.0 Å². The Balaban J connectivity index is 2.31. The van der Waals surface area contributed by atoms with E-state index >= 15 is 0 Å². The molecule has 0 aliphatic carbocycles. The van der Waals surface area contributed by atoms with E-state index in [9.17, 15) is 4.39 Å². The lowest BCUT2D eigenvalue weighted by molar-refractivity contribution is 0.340. The first-order chi connectivity index (χ1) is 9.13. The fraction of sp³-hybridized carbons (Fsp3) is 0.200. The summed E-state index contributed by atoms with van der Waals surface area (Å²) >= 11 is 9.70. The van der Waals surface area contributed by atoms with Gasteiger partial charge in [-0.2, -0.15) is 0 Å². The molecular weight excluding hydrogens is 331 g/mol. The highest BCUT2D eigenvalue weighted by atomic mass is 79.9. The zero-order valence-electron chi connectivity index (χ0n) is 10.4. The van der Waals surface area contributed by atoms with Crippen LogP contribution >= 0.6 is 27.5 Å². The Labute approximate surface area is 125 Å². The molecule has 0 heterocycles. The molecule has 100 valence electrons. The summed E-state index contributed by atoms with van der Waals surface area (Å²) in [6.07, 6.45) is 0. The Kier molecular flexibility index (Phi) is 4.83. The van der Waals surface area contributed by atoms with E-state index in [-0.39, 0.29) is 5.82 Å². The van der Waals surface area contributed by atoms with E-state index < -0.39 is 5.38 Å². The van der Waals surface area contributed by atoms with Crippen LogP contribution in [0.2, 0.25) is 0 Å². The van der Waals surface area contributed by atoms with Crippen LogP contribution in [0.15, 0.2) is 46.9 Å². The Morgan fingerprint density at radius 2 is 1.89 bits per heavy atom. The first-order valence-electron chi connectivity index (χ1n) is 5.94. The van der Waals surface area contributed by atoms with Crippen molar-refractivity contribution < 1.29 is 9.13 Å². The van der Waals surface area contributed by atoms with Crippen molar-refractivity contribution >= 4 is 27.5 Å². The van der Waals surface area contributed by atoms with Gasteiger partial charge in [-0.3, -0.25) is 0 Å². The maximum atomic E-state index is 13.8. The number of alkyl halides is 1. The molecule has 0 fully saturated rings. The predicted octanol–water partition coefficient (Wildman–Crippen LogP) is 5.32. The third-order valence-corrected chi connectivity index (χ3v) is 3.90. The summed E-state index contributed by atoms with van der Waals surface area (Å²) in [6, 6.07) is 12.2. The summed E-state index contributed by atoms with van der Waals surface area (Å²) in [5.41, 5.74) is 1.28. The average molecular weight is 344 g/mol. The summed E-state index contributed by atoms with van der Waals surface area (Å²) < 4.78 is 19.9. The SMILES string of the molecule is CCOc1ccc(C(Cl)c2c(F)cccc2Br)cc1. The van der Waals surface area contributed by atoms with Gasteiger partial charge >= 0.3 is 0 Å². The van der Waals surface area contributed by atoms with Gasteiger partial charge < -0.3 is 4.74 Å². The summed E-state index contributed by atoms with van der Waals surface area (Å²) in [5, 5.41) is -0.536. The van der Waals surface area contributed by atoms with Crippen molar-refractivity contribution in [3.05, 3.63) is 63.9 Å². The van der Waals surface area contributed by atoms with Crippen LogP contribution in [0, 0.1) is 5.82 Å². The van der Waals surface area contributed by atoms with Crippen molar-refractivity contribution in [2.75, 3.05) is 6.61 Å². The van der Waals surface area contributed by atoms with Crippen LogP contribution in [0.25, 0.3) is 0 Å². The Hall–Kier alpha value is -1.06. The minimum absolute atomic E-state index is 0.316. The van der Waals surface area contributed by atoms with E-state index in [4.69, 9.17) is 16.3 Å². The number of hydrogen-bond donors (Lipinski definition) is 0. The smallest absolute Gasteiger partial charge is 0.129 e. The maximum Gasteiger partial charge on any atom is 0.129 e. The molecule has 4 heteroatoms. The van der Waals surface area contributed by atoms with E-state index in [0.29, 0.717) is 16.6 Å². The van der Waals surface area contributed by atoms with Crippen molar-refractivity contribution in [2.24, 2.45) is 0 Å². The first-order valence-corrected chi connectivity index (χ1v) is 7.17. The number of benzene rings is 2. The molecule has 0 aliphatic rings. The van der Waals surface area contributed by atoms with Gasteiger partial charge in [0.25, 0.3) is 0 Å². The van der Waals surface area contributed by atoms with E-state index in [2.05, 4.69) is 15.9 Å². The molecule has 0 aromatic heterocycles. The summed E-state index contributed by atoms with van der Waals surface area (Å²) in [6.45, 7) is 2.54. The highest BCUT2D eigenvalue weighted by Crippen LogP contribution is 2.36. The predicted molar refractivity (Wildman–Crippen MR) is 79.4 cm³/mol. The molecule has 0 saturated heterocycles. The van der Waals surface area contributed by atoms with Crippen molar-refractivity contribution in [3.63, 3.8) is 0 Å². The molecule has 0 bridgehead atoms. The van der Waals surface area contributed by atoms with Crippen molar-refractivity contribution in [2.45, 2.75) is 12.3 Å². The van der Waals surface area contributed by atoms with Gasteiger partial charge in [0.05, 0.1) is 12.0 Å². The number of ether oxygens (including phenoxy) is 1. The van der Waals surface area contributed by atoms with Crippen LogP contribution in [0.5, 0.6) is 5.75 Å². The monoisotopic (exact) mass is 342 g/mol. The second-order valence-corrected chi connectivity index (χ2v) is 5.29. The Bertz CT molecular complexity index is 536. The van der Waals surface area contributed by atoms with Gasteiger partial charge in [-0.15, -0.1) is 11.6 Å². The molecule has 1 nitrogen and oxygen atoms in total. The zero-order chi connectivity index (χ0) is 13.8. The standard InChI is InChI=1S/C15H13BrClFO/c1-2-19-11-8-6-10(7-9-11)15(17)14-12(16)4-3-5-13(14)18/h3-9,15H,2H2,1H3. The van der Waals surface area contributed by atoms with Crippen molar-refractivity contribution in [1.29, 1.82) is 0 Å². The number of hydrogen-bond acceptors (Lipinski definition) is 1. The molecule has 2 aromatic rings. The highest BCUT2D eigenvalue weighted by Gasteiger charge is 2.18. The van der Waals surface area contributed by atoms with Crippen LogP contribution in [0.4, 0.5) is 4.39 Å². The molecule has 2 aromatic carbocycles. The molecule has 0 spiro atoms. The molecule has 2 rings (SSSR count). The van der Waals surface area contributed by atoms with Crippen LogP contribution < -0.4 is 4.74 Å². The second-order valence-electron chi connectivity index (χ2n) is 4.00. The van der Waals surface area contributed by atoms with Gasteiger partial charge in [0.15, 0.2) is 0 Å². The molecular formula is C15H13BrClFO. The largest absolute Gasteiger partial charge is 0.494 e. The minimum atomic E-state index is -0.536. The summed E-state index contributed by atoms with van der Waals surface area (Å²) in [4.78, 5) is 0. The first kappa shape index (κ1) is 14.4. The van der Waals surface area contributed by atoms with Crippen molar-refractivity contribution in [3.8, 4) is 5.75 Å². The molecule has 0 amide bonds. The molecule has 1 unspecified atom stereocenters. The van der Waals surface area contributed by atoms with Crippen LogP contribution in [-0.2, 0) is 0 Å². The fourth-order valence-corrected chi connectivity index (χ4v) is 2.89. The number of halogens is 3. The maximum absolute atomic E-state index is 13.8. The van der Waals surface area contributed by atoms with E-state index in [1.807, 2.05) is 31.2 Å². The van der Waals surface area contributed by atoms with Gasteiger partial charge in [-0.05, 0) is 36.8 Å². The number of rotatable bonds is 4. The topological polar surface area (TPSA) is 9.23 Å². The normalized spacial score (nSPS) is 12.2. The molecule has 0 radical (unpaired) electrons. The van der Waals surface area contributed by atoms with Gasteiger partial charge in [0.2, 0.25) is 0 Å². The van der Waals surface area contributed by atoms with Crippen LogP contribution in [0.1, 0.15) is 23.4 Å². The lowest BCUT2D eigenvalue weighted by Gasteiger charge is -2.14. The minimum Gasteiger partial charge on any atom is -0.494 e. The average Bonchev–Trinajstić information content (AvgIpc) is 2.39. The van der Waals surface area contributed by atoms with Crippen LogP contribution in [0.3, 0.4) is 0 Å². The summed E-state index contributed by atoms with van der Waals surface area (Å²) in [7, 11) is 0. The lowest BCUT2D eigenvalue weighted by Crippen LogP contribution is -1.99. The quantitative estimate of drug-likeness (QED) is 0.683. The zero-order valence-corrected chi connectivity index (χ0v) is 12.7. The highest BCUT2D eigenvalue weighted by molar-refractivity contribution is 9.10. The molecule has 19 heavy (non-hydrogen) atoms. The second kappa shape index (κ2) is 6.40. The van der Waals surface area contributed by atoms with Crippen LogP contribution in [-0.4, -0.2) is 6.61 Å². The third-order valence-electron chi connectivity index (χ3n) is 2.74. The van der Waals surface area contributed by atoms with Gasteiger partial charge in [0.1, 0.15) is 11.6 Å². The Morgan fingerprint density at radius 1 is 1.21 bits per heavy atom. The lowest BCUT2D eigenvalue weighted by atomic mass is 10.0. The fourth-order valence-electron chi connectivity index (χ4n) is 1.82. The van der Waals surface area contributed by atoms with Gasteiger partial charge in [-0.25, -0.2) is 4.39 Å².